The van der Waals surface area contributed by atoms with Crippen molar-refractivity contribution in [3.05, 3.63) is 35.2 Å². The van der Waals surface area contributed by atoms with E-state index in [1.807, 2.05) is 4.57 Å². The standard InChI is InChI=1S/C25H31ClFN7O2/c1-13-5-8-15(11-20(13)35)30-24-29-12-19-23(33-24)34(16-9-6-14(7-10-16)22(28)36)25(31-19)32-21-17(26)3-2-4-18(21)27/h2-4,12-16,20,35H,5-11H2,1H3,(H2,28,36)(H,31,32)(H,29,30,33)/t13-,14-,15?,16+,20-/m1/s1. The molecular weight excluding hydrogens is 485 g/mol. The summed E-state index contributed by atoms with van der Waals surface area (Å²) in [6.45, 7) is 2.06. The van der Waals surface area contributed by atoms with Crippen molar-refractivity contribution in [2.24, 2.45) is 17.6 Å². The summed E-state index contributed by atoms with van der Waals surface area (Å²) < 4.78 is 16.6. The van der Waals surface area contributed by atoms with E-state index in [1.54, 1.807) is 18.3 Å². The number of imidazole rings is 1. The minimum Gasteiger partial charge on any atom is -0.393 e. The molecule has 2 fully saturated rings. The molecule has 3 atom stereocenters. The summed E-state index contributed by atoms with van der Waals surface area (Å²) in [4.78, 5) is 25.6. The van der Waals surface area contributed by atoms with Gasteiger partial charge in [-0.05, 0) is 63.0 Å². The highest BCUT2D eigenvalue weighted by Crippen LogP contribution is 2.38. The first-order valence-electron chi connectivity index (χ1n) is 12.5. The van der Waals surface area contributed by atoms with Crippen LogP contribution in [-0.4, -0.2) is 42.7 Å². The van der Waals surface area contributed by atoms with E-state index in [2.05, 4.69) is 27.5 Å². The molecule has 36 heavy (non-hydrogen) atoms. The number of carbonyl (C=O) groups excluding carboxylic acids is 1. The summed E-state index contributed by atoms with van der Waals surface area (Å²) >= 11 is 6.28. The van der Waals surface area contributed by atoms with Gasteiger partial charge in [0.15, 0.2) is 5.65 Å². The van der Waals surface area contributed by atoms with Crippen molar-refractivity contribution in [3.63, 3.8) is 0 Å². The third-order valence-electron chi connectivity index (χ3n) is 7.58. The number of aliphatic hydroxyl groups excluding tert-OH is 1. The predicted octanol–water partition coefficient (Wildman–Crippen LogP) is 4.54. The van der Waals surface area contributed by atoms with Crippen LogP contribution >= 0.6 is 11.6 Å². The van der Waals surface area contributed by atoms with Crippen LogP contribution < -0.4 is 16.4 Å². The summed E-state index contributed by atoms with van der Waals surface area (Å²) in [6.07, 6.45) is 6.52. The summed E-state index contributed by atoms with van der Waals surface area (Å²) in [6, 6.07) is 4.55. The van der Waals surface area contributed by atoms with Crippen molar-refractivity contribution >= 4 is 46.3 Å². The van der Waals surface area contributed by atoms with E-state index in [1.165, 1.54) is 6.07 Å². The molecule has 2 heterocycles. The van der Waals surface area contributed by atoms with Crippen molar-refractivity contribution in [3.8, 4) is 0 Å². The van der Waals surface area contributed by atoms with E-state index in [0.717, 1.165) is 12.8 Å². The second kappa shape index (κ2) is 10.2. The Labute approximate surface area is 213 Å². The summed E-state index contributed by atoms with van der Waals surface area (Å²) in [5.41, 5.74) is 6.84. The Balaban J connectivity index is 1.49. The second-order valence-electron chi connectivity index (χ2n) is 10.0. The van der Waals surface area contributed by atoms with Gasteiger partial charge in [-0.3, -0.25) is 9.36 Å². The molecule has 2 aromatic heterocycles. The molecule has 2 aliphatic carbocycles. The molecule has 5 rings (SSSR count). The van der Waals surface area contributed by atoms with Gasteiger partial charge < -0.3 is 21.5 Å². The van der Waals surface area contributed by atoms with Crippen molar-refractivity contribution in [1.29, 1.82) is 0 Å². The van der Waals surface area contributed by atoms with Crippen LogP contribution in [0.2, 0.25) is 5.02 Å². The van der Waals surface area contributed by atoms with Crippen molar-refractivity contribution in [2.45, 2.75) is 70.1 Å². The largest absolute Gasteiger partial charge is 0.393 e. The maximum absolute atomic E-state index is 14.6. The Bertz CT molecular complexity index is 1240. The average Bonchev–Trinajstić information content (AvgIpc) is 3.21. The molecule has 5 N–H and O–H groups in total. The zero-order valence-electron chi connectivity index (χ0n) is 20.1. The number of anilines is 3. The summed E-state index contributed by atoms with van der Waals surface area (Å²) in [5, 5.41) is 17.0. The van der Waals surface area contributed by atoms with Crippen molar-refractivity contribution < 1.29 is 14.3 Å². The van der Waals surface area contributed by atoms with Gasteiger partial charge in [0.25, 0.3) is 0 Å². The second-order valence-corrected chi connectivity index (χ2v) is 10.4. The topological polar surface area (TPSA) is 131 Å². The number of rotatable bonds is 6. The predicted molar refractivity (Wildman–Crippen MR) is 137 cm³/mol. The lowest BCUT2D eigenvalue weighted by Crippen LogP contribution is -2.35. The number of nitrogens with zero attached hydrogens (tertiary/aromatic N) is 4. The van der Waals surface area contributed by atoms with Crippen LogP contribution in [0.15, 0.2) is 24.4 Å². The van der Waals surface area contributed by atoms with Crippen LogP contribution in [0.4, 0.5) is 22.0 Å². The van der Waals surface area contributed by atoms with Crippen LogP contribution in [0.1, 0.15) is 57.9 Å². The molecular formula is C25H31ClFN7O2. The number of hydrogen-bond donors (Lipinski definition) is 4. The van der Waals surface area contributed by atoms with Crippen LogP contribution in [0, 0.1) is 17.7 Å². The van der Waals surface area contributed by atoms with Crippen LogP contribution in [0.5, 0.6) is 0 Å². The van der Waals surface area contributed by atoms with Gasteiger partial charge in [-0.1, -0.05) is 24.6 Å². The van der Waals surface area contributed by atoms with Gasteiger partial charge in [-0.25, -0.2) is 14.4 Å². The average molecular weight is 516 g/mol. The number of benzene rings is 1. The number of aliphatic hydroxyl groups is 1. The first-order valence-corrected chi connectivity index (χ1v) is 12.9. The number of para-hydroxylation sites is 1. The Hall–Kier alpha value is -2.98. The Kier molecular flexibility index (Phi) is 6.98. The Morgan fingerprint density at radius 3 is 2.67 bits per heavy atom. The zero-order valence-corrected chi connectivity index (χ0v) is 20.9. The summed E-state index contributed by atoms with van der Waals surface area (Å²) in [5.74, 6) is 0.225. The smallest absolute Gasteiger partial charge is 0.224 e. The van der Waals surface area contributed by atoms with E-state index in [-0.39, 0.29) is 46.6 Å². The molecule has 0 aliphatic heterocycles. The van der Waals surface area contributed by atoms with Gasteiger partial charge >= 0.3 is 0 Å². The SMILES string of the molecule is C[C@@H]1CCC(Nc2ncc3nc(Nc4c(F)cccc4Cl)n([C@H]4CC[C@@H](C(N)=O)CC4)c3n2)C[C@H]1O. The van der Waals surface area contributed by atoms with E-state index in [9.17, 15) is 14.3 Å². The Morgan fingerprint density at radius 1 is 1.19 bits per heavy atom. The first-order chi connectivity index (χ1) is 17.3. The monoisotopic (exact) mass is 515 g/mol. The fourth-order valence-electron chi connectivity index (χ4n) is 5.35. The molecule has 1 amide bonds. The third kappa shape index (κ3) is 4.97. The number of nitrogens with two attached hydrogens (primary N) is 1. The number of halogens is 2. The van der Waals surface area contributed by atoms with E-state index < -0.39 is 5.82 Å². The molecule has 2 saturated carbocycles. The fraction of sp³-hybridized carbons (Fsp3) is 0.520. The number of hydrogen-bond acceptors (Lipinski definition) is 7. The van der Waals surface area contributed by atoms with Crippen molar-refractivity contribution in [1.82, 2.24) is 19.5 Å². The molecule has 0 bridgehead atoms. The third-order valence-corrected chi connectivity index (χ3v) is 7.90. The van der Waals surface area contributed by atoms with E-state index >= 15 is 0 Å². The molecule has 0 spiro atoms. The van der Waals surface area contributed by atoms with Gasteiger partial charge in [0, 0.05) is 18.0 Å². The number of primary amides is 1. The molecule has 9 nitrogen and oxygen atoms in total. The number of fused-ring (bicyclic) bond motifs is 1. The molecule has 3 aromatic rings. The highest BCUT2D eigenvalue weighted by atomic mass is 35.5. The van der Waals surface area contributed by atoms with Gasteiger partial charge in [-0.2, -0.15) is 4.98 Å². The highest BCUT2D eigenvalue weighted by Gasteiger charge is 2.30. The Morgan fingerprint density at radius 2 is 1.97 bits per heavy atom. The molecule has 0 radical (unpaired) electrons. The van der Waals surface area contributed by atoms with Crippen LogP contribution in [0.3, 0.4) is 0 Å². The maximum Gasteiger partial charge on any atom is 0.224 e. The molecule has 11 heteroatoms. The van der Waals surface area contributed by atoms with Crippen LogP contribution in [0.25, 0.3) is 11.2 Å². The van der Waals surface area contributed by atoms with Crippen molar-refractivity contribution in [2.75, 3.05) is 10.6 Å². The molecule has 1 unspecified atom stereocenters. The number of aromatic nitrogens is 4. The quantitative estimate of drug-likeness (QED) is 0.379. The lowest BCUT2D eigenvalue weighted by atomic mass is 9.85. The van der Waals surface area contributed by atoms with E-state index in [4.69, 9.17) is 22.3 Å². The highest BCUT2D eigenvalue weighted by molar-refractivity contribution is 6.33. The van der Waals surface area contributed by atoms with Gasteiger partial charge in [0.2, 0.25) is 17.8 Å². The van der Waals surface area contributed by atoms with Gasteiger partial charge in [0.1, 0.15) is 11.3 Å². The van der Waals surface area contributed by atoms with Gasteiger partial charge in [0.05, 0.1) is 23.0 Å². The number of nitrogens with one attached hydrogen (secondary N) is 2. The molecule has 192 valence electrons. The zero-order chi connectivity index (χ0) is 25.4. The minimum absolute atomic E-state index is 0.0150. The lowest BCUT2D eigenvalue weighted by molar-refractivity contribution is -0.122. The molecule has 2 aliphatic rings. The number of carbonyl (C=O) groups is 1. The molecule has 1 aromatic carbocycles. The van der Waals surface area contributed by atoms with Gasteiger partial charge in [-0.15, -0.1) is 0 Å². The minimum atomic E-state index is -0.489. The molecule has 0 saturated heterocycles. The summed E-state index contributed by atoms with van der Waals surface area (Å²) in [7, 11) is 0. The fourth-order valence-corrected chi connectivity index (χ4v) is 5.56. The lowest BCUT2D eigenvalue weighted by Gasteiger charge is -2.31. The van der Waals surface area contributed by atoms with E-state index in [0.29, 0.717) is 55.2 Å². The first kappa shape index (κ1) is 24.7. The van der Waals surface area contributed by atoms with Crippen LogP contribution in [-0.2, 0) is 4.79 Å². The normalized spacial score (nSPS) is 26.6. The maximum atomic E-state index is 14.6. The number of amides is 1.